The molecule has 2 rings (SSSR count). The predicted octanol–water partition coefficient (Wildman–Crippen LogP) is 3.92. The molecule has 0 fully saturated rings. The van der Waals surface area contributed by atoms with E-state index in [2.05, 4.69) is 5.32 Å². The average Bonchev–Trinajstić information content (AvgIpc) is 2.49. The molecule has 3 nitrogen and oxygen atoms in total. The van der Waals surface area contributed by atoms with Gasteiger partial charge in [0, 0.05) is 11.3 Å². The molecule has 0 bridgehead atoms. The van der Waals surface area contributed by atoms with Crippen LogP contribution in [0.4, 0.5) is 5.69 Å². The van der Waals surface area contributed by atoms with Crippen molar-refractivity contribution in [1.82, 2.24) is 0 Å². The number of carbonyl (C=O) groups excluding carboxylic acids is 1. The number of hydrogen-bond donors (Lipinski definition) is 2. The Hall–Kier alpha value is -2.55. The monoisotopic (exact) mass is 267 g/mol. The third kappa shape index (κ3) is 3.06. The Kier molecular flexibility index (Phi) is 4.20. The van der Waals surface area contributed by atoms with E-state index in [1.165, 1.54) is 0 Å². The van der Waals surface area contributed by atoms with Crippen LogP contribution in [0.15, 0.2) is 60.2 Å². The van der Waals surface area contributed by atoms with Crippen molar-refractivity contribution in [3.63, 3.8) is 0 Å². The molecule has 0 saturated heterocycles. The molecule has 0 aliphatic carbocycles. The first-order valence-electron chi connectivity index (χ1n) is 6.42. The summed E-state index contributed by atoms with van der Waals surface area (Å²) in [7, 11) is 0. The average molecular weight is 267 g/mol. The zero-order valence-corrected chi connectivity index (χ0v) is 11.6. The largest absolute Gasteiger partial charge is 0.507 e. The summed E-state index contributed by atoms with van der Waals surface area (Å²) in [4.78, 5) is 12.2. The lowest BCUT2D eigenvalue weighted by atomic mass is 10.1. The van der Waals surface area contributed by atoms with Crippen LogP contribution in [0, 0.1) is 6.92 Å². The molecule has 0 aromatic heterocycles. The number of aliphatic hydroxyl groups is 1. The number of amides is 1. The van der Waals surface area contributed by atoms with Gasteiger partial charge >= 0.3 is 0 Å². The summed E-state index contributed by atoms with van der Waals surface area (Å²) in [6.45, 7) is 3.53. The quantitative estimate of drug-likeness (QED) is 0.654. The second-order valence-electron chi connectivity index (χ2n) is 4.61. The van der Waals surface area contributed by atoms with Gasteiger partial charge in [0.1, 0.15) is 5.76 Å². The summed E-state index contributed by atoms with van der Waals surface area (Å²) in [5, 5.41) is 12.9. The number of carbonyl (C=O) groups is 1. The third-order valence-electron chi connectivity index (χ3n) is 3.14. The third-order valence-corrected chi connectivity index (χ3v) is 3.14. The highest BCUT2D eigenvalue weighted by molar-refractivity contribution is 6.07. The van der Waals surface area contributed by atoms with Crippen LogP contribution in [0.1, 0.15) is 18.1 Å². The van der Waals surface area contributed by atoms with E-state index in [0.29, 0.717) is 11.1 Å². The molecule has 0 aliphatic rings. The molecule has 0 saturated carbocycles. The number of benzene rings is 2. The topological polar surface area (TPSA) is 49.3 Å². The number of para-hydroxylation sites is 1. The first kappa shape index (κ1) is 13.9. The maximum absolute atomic E-state index is 12.2. The highest BCUT2D eigenvalue weighted by Crippen LogP contribution is 2.18. The van der Waals surface area contributed by atoms with E-state index in [4.69, 9.17) is 0 Å². The first-order chi connectivity index (χ1) is 9.59. The van der Waals surface area contributed by atoms with Gasteiger partial charge in [0.15, 0.2) is 0 Å². The van der Waals surface area contributed by atoms with Crippen LogP contribution in [0.2, 0.25) is 0 Å². The van der Waals surface area contributed by atoms with Gasteiger partial charge in [-0.25, -0.2) is 0 Å². The Bertz CT molecular complexity index is 645. The van der Waals surface area contributed by atoms with Crippen LogP contribution in [-0.2, 0) is 4.79 Å². The molecule has 3 heteroatoms. The number of aryl methyl sites for hydroxylation is 1. The van der Waals surface area contributed by atoms with Crippen LogP contribution >= 0.6 is 0 Å². The van der Waals surface area contributed by atoms with E-state index in [0.717, 1.165) is 11.3 Å². The van der Waals surface area contributed by atoms with Gasteiger partial charge in [-0.3, -0.25) is 4.79 Å². The fourth-order valence-corrected chi connectivity index (χ4v) is 1.85. The SMILES string of the molecule is C/C(C(=O)Nc1ccccc1C)=C(\O)c1ccccc1. The Morgan fingerprint density at radius 2 is 1.60 bits per heavy atom. The smallest absolute Gasteiger partial charge is 0.255 e. The maximum atomic E-state index is 12.2. The molecule has 0 heterocycles. The van der Waals surface area contributed by atoms with E-state index < -0.39 is 0 Å². The molecule has 0 radical (unpaired) electrons. The molecule has 0 spiro atoms. The van der Waals surface area contributed by atoms with Crippen molar-refractivity contribution >= 4 is 17.4 Å². The van der Waals surface area contributed by atoms with E-state index in [-0.39, 0.29) is 11.7 Å². The Morgan fingerprint density at radius 1 is 1.00 bits per heavy atom. The molecule has 2 aromatic carbocycles. The number of hydrogen-bond acceptors (Lipinski definition) is 2. The molecule has 2 N–H and O–H groups in total. The summed E-state index contributed by atoms with van der Waals surface area (Å²) in [5.41, 5.74) is 2.65. The molecule has 0 unspecified atom stereocenters. The molecule has 102 valence electrons. The molecule has 0 aliphatic heterocycles. The van der Waals surface area contributed by atoms with Crippen LogP contribution < -0.4 is 5.32 Å². The lowest BCUT2D eigenvalue weighted by Crippen LogP contribution is -2.14. The van der Waals surface area contributed by atoms with Crippen molar-refractivity contribution in [2.75, 3.05) is 5.32 Å². The van der Waals surface area contributed by atoms with Crippen LogP contribution in [0.3, 0.4) is 0 Å². The van der Waals surface area contributed by atoms with Crippen LogP contribution in [-0.4, -0.2) is 11.0 Å². The van der Waals surface area contributed by atoms with Gasteiger partial charge in [-0.1, -0.05) is 48.5 Å². The molecular weight excluding hydrogens is 250 g/mol. The first-order valence-corrected chi connectivity index (χ1v) is 6.42. The van der Waals surface area contributed by atoms with Gasteiger partial charge in [-0.2, -0.15) is 0 Å². The minimum absolute atomic E-state index is 0.00307. The number of rotatable bonds is 3. The van der Waals surface area contributed by atoms with Crippen molar-refractivity contribution in [3.8, 4) is 0 Å². The fraction of sp³-hybridized carbons (Fsp3) is 0.118. The summed E-state index contributed by atoms with van der Waals surface area (Å²) in [6.07, 6.45) is 0. The van der Waals surface area contributed by atoms with E-state index >= 15 is 0 Å². The minimum atomic E-state index is -0.305. The van der Waals surface area contributed by atoms with Gasteiger partial charge in [0.25, 0.3) is 5.91 Å². The van der Waals surface area contributed by atoms with Gasteiger partial charge in [0.2, 0.25) is 0 Å². The Balaban J connectivity index is 2.23. The second-order valence-corrected chi connectivity index (χ2v) is 4.61. The van der Waals surface area contributed by atoms with Gasteiger partial charge in [0.05, 0.1) is 5.57 Å². The lowest BCUT2D eigenvalue weighted by Gasteiger charge is -2.10. The zero-order chi connectivity index (χ0) is 14.5. The van der Waals surface area contributed by atoms with Crippen molar-refractivity contribution in [2.24, 2.45) is 0 Å². The van der Waals surface area contributed by atoms with Gasteiger partial charge in [-0.05, 0) is 25.5 Å². The molecule has 1 amide bonds. The minimum Gasteiger partial charge on any atom is -0.507 e. The summed E-state index contributed by atoms with van der Waals surface area (Å²) >= 11 is 0. The fourth-order valence-electron chi connectivity index (χ4n) is 1.85. The van der Waals surface area contributed by atoms with Crippen LogP contribution in [0.25, 0.3) is 5.76 Å². The van der Waals surface area contributed by atoms with Crippen LogP contribution in [0.5, 0.6) is 0 Å². The highest BCUT2D eigenvalue weighted by Gasteiger charge is 2.12. The van der Waals surface area contributed by atoms with Crippen molar-refractivity contribution in [2.45, 2.75) is 13.8 Å². The highest BCUT2D eigenvalue weighted by atomic mass is 16.3. The standard InChI is InChI=1S/C17H17NO2/c1-12-8-6-7-11-15(12)18-17(20)13(2)16(19)14-9-4-3-5-10-14/h3-11,19H,1-2H3,(H,18,20)/b16-13+. The van der Waals surface area contributed by atoms with E-state index in [1.807, 2.05) is 49.4 Å². The zero-order valence-electron chi connectivity index (χ0n) is 11.6. The maximum Gasteiger partial charge on any atom is 0.255 e. The number of nitrogens with one attached hydrogen (secondary N) is 1. The number of aliphatic hydroxyl groups excluding tert-OH is 1. The Morgan fingerprint density at radius 3 is 2.25 bits per heavy atom. The van der Waals surface area contributed by atoms with Crippen molar-refractivity contribution in [1.29, 1.82) is 0 Å². The molecule has 20 heavy (non-hydrogen) atoms. The molecule has 0 atom stereocenters. The lowest BCUT2D eigenvalue weighted by molar-refractivity contribution is -0.112. The van der Waals surface area contributed by atoms with Gasteiger partial charge in [-0.15, -0.1) is 0 Å². The Labute approximate surface area is 118 Å². The van der Waals surface area contributed by atoms with E-state index in [1.54, 1.807) is 19.1 Å². The summed E-state index contributed by atoms with van der Waals surface area (Å²) in [6, 6.07) is 16.6. The molecular formula is C17H17NO2. The molecule has 2 aromatic rings. The summed E-state index contributed by atoms with van der Waals surface area (Å²) < 4.78 is 0. The summed E-state index contributed by atoms with van der Waals surface area (Å²) in [5.74, 6) is -0.308. The van der Waals surface area contributed by atoms with E-state index in [9.17, 15) is 9.90 Å². The number of anilines is 1. The normalized spacial score (nSPS) is 11.7. The predicted molar refractivity (Wildman–Crippen MR) is 81.5 cm³/mol. The van der Waals surface area contributed by atoms with Gasteiger partial charge < -0.3 is 10.4 Å². The van der Waals surface area contributed by atoms with Crippen molar-refractivity contribution < 1.29 is 9.90 Å². The van der Waals surface area contributed by atoms with Crippen molar-refractivity contribution in [3.05, 3.63) is 71.3 Å². The second kappa shape index (κ2) is 6.06.